The monoisotopic (exact) mass is 409 g/mol. The van der Waals surface area contributed by atoms with Crippen LogP contribution in [0, 0.1) is 11.7 Å². The molecule has 4 aromatic rings. The Kier molecular flexibility index (Phi) is 5.71. The second kappa shape index (κ2) is 8.57. The van der Waals surface area contributed by atoms with Crippen LogP contribution in [0.15, 0.2) is 64.3 Å². The molecule has 2 aromatic heterocycles. The summed E-state index contributed by atoms with van der Waals surface area (Å²) in [5.41, 5.74) is 1.32. The van der Waals surface area contributed by atoms with Crippen molar-refractivity contribution in [2.45, 2.75) is 31.3 Å². The van der Waals surface area contributed by atoms with Gasteiger partial charge in [0, 0.05) is 12.1 Å². The number of hydrogen-bond donors (Lipinski definition) is 0. The van der Waals surface area contributed by atoms with E-state index < -0.39 is 0 Å². The predicted octanol–water partition coefficient (Wildman–Crippen LogP) is 5.08. The minimum absolute atomic E-state index is 0.313. The third-order valence-corrected chi connectivity index (χ3v) is 5.16. The summed E-state index contributed by atoms with van der Waals surface area (Å²) in [4.78, 5) is 4.45. The summed E-state index contributed by atoms with van der Waals surface area (Å²) in [7, 11) is 0. The van der Waals surface area contributed by atoms with E-state index in [1.165, 1.54) is 17.8 Å². The zero-order valence-corrected chi connectivity index (χ0v) is 16.9. The van der Waals surface area contributed by atoms with E-state index >= 15 is 0 Å². The molecule has 0 bridgehead atoms. The molecule has 0 atom stereocenters. The molecule has 29 heavy (non-hydrogen) atoms. The summed E-state index contributed by atoms with van der Waals surface area (Å²) < 4.78 is 21.6. The van der Waals surface area contributed by atoms with Crippen LogP contribution in [-0.2, 0) is 12.3 Å². The van der Waals surface area contributed by atoms with Crippen LogP contribution in [-0.4, -0.2) is 24.9 Å². The second-order valence-corrected chi connectivity index (χ2v) is 7.90. The maximum absolute atomic E-state index is 14.3. The topological polar surface area (TPSA) is 69.6 Å². The molecule has 0 aliphatic carbocycles. The van der Waals surface area contributed by atoms with E-state index in [1.807, 2.05) is 34.9 Å². The van der Waals surface area contributed by atoms with Gasteiger partial charge in [0.1, 0.15) is 5.82 Å². The van der Waals surface area contributed by atoms with Crippen LogP contribution in [0.4, 0.5) is 4.39 Å². The third kappa shape index (κ3) is 4.37. The van der Waals surface area contributed by atoms with Crippen molar-refractivity contribution in [2.75, 3.05) is 0 Å². The predicted molar refractivity (Wildman–Crippen MR) is 110 cm³/mol. The summed E-state index contributed by atoms with van der Waals surface area (Å²) >= 11 is 1.45. The summed E-state index contributed by atoms with van der Waals surface area (Å²) in [6.45, 7) is 4.89. The normalized spacial score (nSPS) is 11.3. The van der Waals surface area contributed by atoms with Gasteiger partial charge in [-0.25, -0.2) is 4.39 Å². The minimum Gasteiger partial charge on any atom is -0.334 e. The minimum atomic E-state index is -0.313. The summed E-state index contributed by atoms with van der Waals surface area (Å²) in [5, 5.41) is 13.3. The van der Waals surface area contributed by atoms with E-state index in [0.29, 0.717) is 46.5 Å². The van der Waals surface area contributed by atoms with E-state index in [2.05, 4.69) is 34.2 Å². The van der Waals surface area contributed by atoms with Gasteiger partial charge < -0.3 is 9.09 Å². The number of hydrogen-bond acceptors (Lipinski definition) is 6. The van der Waals surface area contributed by atoms with Gasteiger partial charge in [-0.3, -0.25) is 0 Å². The highest BCUT2D eigenvalue weighted by Gasteiger charge is 2.19. The molecular weight excluding hydrogens is 389 g/mol. The molecule has 2 heterocycles. The van der Waals surface area contributed by atoms with Crippen LogP contribution < -0.4 is 0 Å². The maximum Gasteiger partial charge on any atom is 0.257 e. The smallest absolute Gasteiger partial charge is 0.257 e. The highest BCUT2D eigenvalue weighted by molar-refractivity contribution is 7.98. The van der Waals surface area contributed by atoms with Crippen LogP contribution in [0.3, 0.4) is 0 Å². The van der Waals surface area contributed by atoms with E-state index in [4.69, 9.17) is 4.52 Å². The third-order valence-electron chi connectivity index (χ3n) is 4.20. The van der Waals surface area contributed by atoms with Gasteiger partial charge in [-0.15, -0.1) is 10.2 Å². The first-order valence-corrected chi connectivity index (χ1v) is 10.3. The van der Waals surface area contributed by atoms with Gasteiger partial charge in [0.05, 0.1) is 11.3 Å². The quantitative estimate of drug-likeness (QED) is 0.396. The van der Waals surface area contributed by atoms with Crippen molar-refractivity contribution in [3.8, 4) is 22.8 Å². The average molecular weight is 409 g/mol. The van der Waals surface area contributed by atoms with Crippen LogP contribution >= 0.6 is 11.8 Å². The van der Waals surface area contributed by atoms with Crippen LogP contribution in [0.1, 0.15) is 19.7 Å². The van der Waals surface area contributed by atoms with Gasteiger partial charge in [0.2, 0.25) is 0 Å². The molecule has 0 amide bonds. The molecule has 0 spiro atoms. The molecule has 8 heteroatoms. The van der Waals surface area contributed by atoms with Crippen molar-refractivity contribution < 1.29 is 8.91 Å². The maximum atomic E-state index is 14.3. The van der Waals surface area contributed by atoms with Crippen molar-refractivity contribution in [1.82, 2.24) is 24.9 Å². The molecule has 148 valence electrons. The molecule has 0 unspecified atom stereocenters. The molecule has 0 saturated heterocycles. The van der Waals surface area contributed by atoms with Gasteiger partial charge in [0.15, 0.2) is 16.8 Å². The lowest BCUT2D eigenvalue weighted by Gasteiger charge is -2.12. The Morgan fingerprint density at radius 1 is 1.03 bits per heavy atom. The Balaban J connectivity index is 1.56. The molecule has 2 aromatic carbocycles. The summed E-state index contributed by atoms with van der Waals surface area (Å²) in [6.07, 6.45) is 0. The van der Waals surface area contributed by atoms with Crippen molar-refractivity contribution in [1.29, 1.82) is 0 Å². The Morgan fingerprint density at radius 3 is 2.55 bits per heavy atom. The SMILES string of the molecule is CC(C)Cn1c(SCc2noc(-c3ccccc3)n2)nnc1-c1ccccc1F. The van der Waals surface area contributed by atoms with Crippen molar-refractivity contribution in [2.24, 2.45) is 5.92 Å². The molecule has 0 aliphatic heterocycles. The number of benzene rings is 2. The molecule has 4 rings (SSSR count). The van der Waals surface area contributed by atoms with Gasteiger partial charge in [-0.1, -0.05) is 61.1 Å². The first-order valence-electron chi connectivity index (χ1n) is 9.30. The van der Waals surface area contributed by atoms with Gasteiger partial charge >= 0.3 is 0 Å². The highest BCUT2D eigenvalue weighted by Crippen LogP contribution is 2.28. The van der Waals surface area contributed by atoms with Gasteiger partial charge in [-0.05, 0) is 30.2 Å². The average Bonchev–Trinajstić information content (AvgIpc) is 3.34. The molecule has 6 nitrogen and oxygen atoms in total. The molecule has 0 N–H and O–H groups in total. The molecule has 0 radical (unpaired) electrons. The van der Waals surface area contributed by atoms with E-state index in [0.717, 1.165) is 5.56 Å². The first-order chi connectivity index (χ1) is 14.1. The Hall–Kier alpha value is -3.00. The molecule has 0 saturated carbocycles. The van der Waals surface area contributed by atoms with Crippen LogP contribution in [0.25, 0.3) is 22.8 Å². The number of halogens is 1. The zero-order valence-electron chi connectivity index (χ0n) is 16.1. The lowest BCUT2D eigenvalue weighted by Crippen LogP contribution is -2.08. The number of aromatic nitrogens is 5. The Labute approximate surface area is 172 Å². The van der Waals surface area contributed by atoms with E-state index in [-0.39, 0.29) is 5.82 Å². The van der Waals surface area contributed by atoms with Crippen LogP contribution in [0.5, 0.6) is 0 Å². The fourth-order valence-electron chi connectivity index (χ4n) is 2.91. The fraction of sp³-hybridized carbons (Fsp3) is 0.238. The Morgan fingerprint density at radius 2 is 1.79 bits per heavy atom. The zero-order chi connectivity index (χ0) is 20.2. The van der Waals surface area contributed by atoms with Gasteiger partial charge in [0.25, 0.3) is 5.89 Å². The van der Waals surface area contributed by atoms with Gasteiger partial charge in [-0.2, -0.15) is 4.98 Å². The molecule has 0 fully saturated rings. The molecular formula is C21H20FN5OS. The summed E-state index contributed by atoms with van der Waals surface area (Å²) in [5.74, 6) is 2.09. The Bertz CT molecular complexity index is 1090. The van der Waals surface area contributed by atoms with E-state index in [9.17, 15) is 4.39 Å². The number of thioether (sulfide) groups is 1. The highest BCUT2D eigenvalue weighted by atomic mass is 32.2. The van der Waals surface area contributed by atoms with Crippen molar-refractivity contribution in [3.05, 3.63) is 66.2 Å². The number of nitrogens with zero attached hydrogens (tertiary/aromatic N) is 5. The standard InChI is InChI=1S/C21H20FN5OS/c1-14(2)12-27-19(16-10-6-7-11-17(16)22)24-25-21(27)29-13-18-23-20(28-26-18)15-8-4-3-5-9-15/h3-11,14H,12-13H2,1-2H3. The van der Waals surface area contributed by atoms with E-state index in [1.54, 1.807) is 18.2 Å². The van der Waals surface area contributed by atoms with Crippen LogP contribution in [0.2, 0.25) is 0 Å². The van der Waals surface area contributed by atoms with Crippen molar-refractivity contribution >= 4 is 11.8 Å². The largest absolute Gasteiger partial charge is 0.334 e. The lowest BCUT2D eigenvalue weighted by atomic mass is 10.2. The summed E-state index contributed by atoms with van der Waals surface area (Å²) in [6, 6.07) is 16.2. The molecule has 0 aliphatic rings. The second-order valence-electron chi connectivity index (χ2n) is 6.96. The van der Waals surface area contributed by atoms with Crippen molar-refractivity contribution in [3.63, 3.8) is 0 Å². The fourth-order valence-corrected chi connectivity index (χ4v) is 3.70. The first kappa shape index (κ1) is 19.3. The number of rotatable bonds is 7. The lowest BCUT2D eigenvalue weighted by molar-refractivity contribution is 0.425.